The Balaban J connectivity index is 2.02. The summed E-state index contributed by atoms with van der Waals surface area (Å²) in [6, 6.07) is 2.07. The van der Waals surface area contributed by atoms with Gasteiger partial charge in [-0.25, -0.2) is 0 Å². The topological polar surface area (TPSA) is 31.1 Å². The molecule has 12 heavy (non-hydrogen) atoms. The standard InChI is InChI=1S/C9H14N3/c1-3-10-5-7-12(6-1)9-2-4-11-8-9/h2,4,10-11H,1,3,5-7H2. The SMILES string of the molecule is [c]1[nH]ccc1N1CCCNCC1. The molecule has 0 aromatic carbocycles. The molecule has 2 N–H and O–H groups in total. The zero-order valence-electron chi connectivity index (χ0n) is 7.14. The summed E-state index contributed by atoms with van der Waals surface area (Å²) in [6.07, 6.45) is 6.25. The fourth-order valence-corrected chi connectivity index (χ4v) is 1.55. The summed E-state index contributed by atoms with van der Waals surface area (Å²) in [6.45, 7) is 4.45. The van der Waals surface area contributed by atoms with Gasteiger partial charge in [0, 0.05) is 25.8 Å². The molecule has 65 valence electrons. The van der Waals surface area contributed by atoms with Gasteiger partial charge in [-0.05, 0) is 19.0 Å². The summed E-state index contributed by atoms with van der Waals surface area (Å²) in [5.41, 5.74) is 1.19. The average molecular weight is 164 g/mol. The number of nitrogens with zero attached hydrogens (tertiary/aromatic N) is 1. The smallest absolute Gasteiger partial charge is 0.0878 e. The highest BCUT2D eigenvalue weighted by Crippen LogP contribution is 2.12. The Morgan fingerprint density at radius 1 is 1.33 bits per heavy atom. The first-order chi connectivity index (χ1) is 5.97. The van der Waals surface area contributed by atoms with Gasteiger partial charge in [-0.15, -0.1) is 0 Å². The van der Waals surface area contributed by atoms with Crippen molar-refractivity contribution in [3.63, 3.8) is 0 Å². The van der Waals surface area contributed by atoms with E-state index in [1.807, 2.05) is 6.20 Å². The van der Waals surface area contributed by atoms with E-state index in [9.17, 15) is 0 Å². The van der Waals surface area contributed by atoms with E-state index in [4.69, 9.17) is 0 Å². The molecule has 2 rings (SSSR count). The molecule has 1 fully saturated rings. The van der Waals surface area contributed by atoms with E-state index in [1.165, 1.54) is 12.1 Å². The van der Waals surface area contributed by atoms with E-state index in [1.54, 1.807) is 0 Å². The van der Waals surface area contributed by atoms with Crippen molar-refractivity contribution in [2.24, 2.45) is 0 Å². The first kappa shape index (κ1) is 7.68. The van der Waals surface area contributed by atoms with Gasteiger partial charge >= 0.3 is 0 Å². The lowest BCUT2D eigenvalue weighted by molar-refractivity contribution is 0.724. The van der Waals surface area contributed by atoms with E-state index >= 15 is 0 Å². The van der Waals surface area contributed by atoms with Crippen LogP contribution in [0.15, 0.2) is 12.3 Å². The molecular formula is C9H14N3. The zero-order chi connectivity index (χ0) is 8.23. The summed E-state index contributed by atoms with van der Waals surface area (Å²) in [5, 5.41) is 3.37. The highest BCUT2D eigenvalue weighted by molar-refractivity contribution is 5.43. The van der Waals surface area contributed by atoms with Gasteiger partial charge in [0.15, 0.2) is 0 Å². The van der Waals surface area contributed by atoms with Crippen LogP contribution in [0.1, 0.15) is 6.42 Å². The molecule has 0 bridgehead atoms. The molecule has 3 heteroatoms. The number of aromatic amines is 1. The maximum atomic E-state index is 3.37. The minimum absolute atomic E-state index is 1.08. The summed E-state index contributed by atoms with van der Waals surface area (Å²) in [5.74, 6) is 0. The predicted octanol–water partition coefficient (Wildman–Crippen LogP) is 0.615. The minimum atomic E-state index is 1.08. The molecule has 1 aliphatic heterocycles. The van der Waals surface area contributed by atoms with Crippen LogP contribution in [-0.2, 0) is 0 Å². The third-order valence-electron chi connectivity index (χ3n) is 2.21. The molecule has 1 aliphatic rings. The van der Waals surface area contributed by atoms with E-state index in [0.717, 1.165) is 26.2 Å². The molecular weight excluding hydrogens is 150 g/mol. The second-order valence-corrected chi connectivity index (χ2v) is 3.08. The first-order valence-electron chi connectivity index (χ1n) is 4.47. The van der Waals surface area contributed by atoms with E-state index < -0.39 is 0 Å². The molecule has 0 saturated carbocycles. The Hall–Kier alpha value is -0.960. The van der Waals surface area contributed by atoms with Crippen LogP contribution in [0.25, 0.3) is 0 Å². The Kier molecular flexibility index (Phi) is 2.32. The monoisotopic (exact) mass is 164 g/mol. The Labute approximate surface area is 72.8 Å². The van der Waals surface area contributed by atoms with Gasteiger partial charge in [0.25, 0.3) is 0 Å². The molecule has 2 heterocycles. The summed E-state index contributed by atoms with van der Waals surface area (Å²) in [4.78, 5) is 5.32. The van der Waals surface area contributed by atoms with E-state index in [-0.39, 0.29) is 0 Å². The number of hydrogen-bond donors (Lipinski definition) is 2. The average Bonchev–Trinajstić information content (AvgIpc) is 2.48. The highest BCUT2D eigenvalue weighted by atomic mass is 15.2. The Morgan fingerprint density at radius 3 is 3.17 bits per heavy atom. The molecule has 0 spiro atoms. The van der Waals surface area contributed by atoms with Crippen LogP contribution in [0.2, 0.25) is 0 Å². The van der Waals surface area contributed by atoms with Crippen molar-refractivity contribution >= 4 is 5.69 Å². The largest absolute Gasteiger partial charge is 0.368 e. The molecule has 0 amide bonds. The maximum absolute atomic E-state index is 3.37. The van der Waals surface area contributed by atoms with Gasteiger partial charge < -0.3 is 15.2 Å². The minimum Gasteiger partial charge on any atom is -0.368 e. The van der Waals surface area contributed by atoms with Crippen molar-refractivity contribution < 1.29 is 0 Å². The number of anilines is 1. The molecule has 1 radical (unpaired) electrons. The fourth-order valence-electron chi connectivity index (χ4n) is 1.55. The maximum Gasteiger partial charge on any atom is 0.0878 e. The molecule has 1 aromatic rings. The number of H-pyrrole nitrogens is 1. The quantitative estimate of drug-likeness (QED) is 0.637. The third-order valence-corrected chi connectivity index (χ3v) is 2.21. The lowest BCUT2D eigenvalue weighted by Gasteiger charge is -2.19. The lowest BCUT2D eigenvalue weighted by atomic mass is 10.3. The molecule has 0 aliphatic carbocycles. The first-order valence-corrected chi connectivity index (χ1v) is 4.47. The summed E-state index contributed by atoms with van der Waals surface area (Å²) >= 11 is 0. The second-order valence-electron chi connectivity index (χ2n) is 3.08. The van der Waals surface area contributed by atoms with Gasteiger partial charge in [-0.2, -0.15) is 0 Å². The van der Waals surface area contributed by atoms with Crippen LogP contribution in [-0.4, -0.2) is 31.2 Å². The van der Waals surface area contributed by atoms with Crippen molar-refractivity contribution in [3.05, 3.63) is 18.5 Å². The molecule has 3 nitrogen and oxygen atoms in total. The van der Waals surface area contributed by atoms with Crippen molar-refractivity contribution in [2.45, 2.75) is 6.42 Å². The Bertz CT molecular complexity index is 210. The van der Waals surface area contributed by atoms with Crippen molar-refractivity contribution in [2.75, 3.05) is 31.1 Å². The fraction of sp³-hybridized carbons (Fsp3) is 0.556. The zero-order valence-corrected chi connectivity index (χ0v) is 7.14. The molecule has 0 atom stereocenters. The molecule has 1 aromatic heterocycles. The number of hydrogen-bond acceptors (Lipinski definition) is 2. The van der Waals surface area contributed by atoms with E-state index in [2.05, 4.69) is 27.5 Å². The molecule has 0 unspecified atom stereocenters. The Morgan fingerprint density at radius 2 is 2.33 bits per heavy atom. The van der Waals surface area contributed by atoms with Crippen LogP contribution in [0.4, 0.5) is 5.69 Å². The number of nitrogens with one attached hydrogen (secondary N) is 2. The van der Waals surface area contributed by atoms with Crippen LogP contribution in [0, 0.1) is 6.20 Å². The third kappa shape index (κ3) is 1.61. The van der Waals surface area contributed by atoms with Crippen molar-refractivity contribution in [1.82, 2.24) is 10.3 Å². The highest BCUT2D eigenvalue weighted by Gasteiger charge is 2.08. The summed E-state index contributed by atoms with van der Waals surface area (Å²) < 4.78 is 0. The van der Waals surface area contributed by atoms with Crippen molar-refractivity contribution in [1.29, 1.82) is 0 Å². The summed E-state index contributed by atoms with van der Waals surface area (Å²) in [7, 11) is 0. The normalized spacial score (nSPS) is 19.2. The van der Waals surface area contributed by atoms with Gasteiger partial charge in [0.2, 0.25) is 0 Å². The van der Waals surface area contributed by atoms with Gasteiger partial charge in [-0.1, -0.05) is 0 Å². The van der Waals surface area contributed by atoms with Gasteiger partial charge in [0.1, 0.15) is 0 Å². The van der Waals surface area contributed by atoms with Crippen LogP contribution < -0.4 is 10.2 Å². The van der Waals surface area contributed by atoms with Gasteiger partial charge in [0.05, 0.1) is 11.9 Å². The lowest BCUT2D eigenvalue weighted by Crippen LogP contribution is -2.27. The number of aromatic nitrogens is 1. The van der Waals surface area contributed by atoms with Gasteiger partial charge in [-0.3, -0.25) is 0 Å². The van der Waals surface area contributed by atoms with Crippen LogP contribution in [0.5, 0.6) is 0 Å². The molecule has 1 saturated heterocycles. The van der Waals surface area contributed by atoms with Crippen LogP contribution >= 0.6 is 0 Å². The second kappa shape index (κ2) is 3.63. The van der Waals surface area contributed by atoms with E-state index in [0.29, 0.717) is 0 Å². The predicted molar refractivity (Wildman–Crippen MR) is 49.3 cm³/mol. The number of rotatable bonds is 1. The van der Waals surface area contributed by atoms with Crippen molar-refractivity contribution in [3.8, 4) is 0 Å². The van der Waals surface area contributed by atoms with Crippen LogP contribution in [0.3, 0.4) is 0 Å².